The van der Waals surface area contributed by atoms with Crippen molar-refractivity contribution in [2.75, 3.05) is 32.7 Å². The second kappa shape index (κ2) is 10.5. The van der Waals surface area contributed by atoms with Crippen molar-refractivity contribution in [1.82, 2.24) is 19.7 Å². The molecule has 3 heterocycles. The number of aryl methyl sites for hydroxylation is 1. The summed E-state index contributed by atoms with van der Waals surface area (Å²) in [5, 5.41) is 5.19. The summed E-state index contributed by atoms with van der Waals surface area (Å²) in [5.74, 6) is -0.00611. The Balaban J connectivity index is 1.30. The van der Waals surface area contributed by atoms with Crippen LogP contribution in [-0.4, -0.2) is 53.0 Å². The van der Waals surface area contributed by atoms with Crippen molar-refractivity contribution in [2.24, 2.45) is 0 Å². The van der Waals surface area contributed by atoms with E-state index in [1.807, 2.05) is 13.0 Å². The molecular formula is C26H34N4OS. The highest BCUT2D eigenvalue weighted by Gasteiger charge is 2.17. The van der Waals surface area contributed by atoms with Gasteiger partial charge >= 0.3 is 0 Å². The van der Waals surface area contributed by atoms with Gasteiger partial charge in [-0.15, -0.1) is 11.3 Å². The molecule has 170 valence electrons. The maximum Gasteiger partial charge on any atom is 0.253 e. The lowest BCUT2D eigenvalue weighted by molar-refractivity contribution is 0.0950. The molecule has 1 fully saturated rings. The zero-order valence-electron chi connectivity index (χ0n) is 19.4. The first-order chi connectivity index (χ1) is 15.5. The smallest absolute Gasteiger partial charge is 0.253 e. The molecule has 0 saturated carbocycles. The van der Waals surface area contributed by atoms with E-state index in [1.165, 1.54) is 10.4 Å². The SMILES string of the molecule is CCN1CCN(Cc2ccc(CNC(=O)c3cc(C)n(Cc4cccs4)c3C)cc2)CC1. The lowest BCUT2D eigenvalue weighted by Gasteiger charge is -2.34. The maximum atomic E-state index is 12.9. The molecule has 4 rings (SSSR count). The monoisotopic (exact) mass is 450 g/mol. The van der Waals surface area contributed by atoms with Gasteiger partial charge in [-0.25, -0.2) is 0 Å². The molecule has 0 bridgehead atoms. The van der Waals surface area contributed by atoms with Crippen molar-refractivity contribution in [3.63, 3.8) is 0 Å². The number of amides is 1. The van der Waals surface area contributed by atoms with Crippen molar-refractivity contribution in [3.8, 4) is 0 Å². The van der Waals surface area contributed by atoms with Crippen LogP contribution in [0.5, 0.6) is 0 Å². The van der Waals surface area contributed by atoms with Crippen LogP contribution in [0.1, 0.15) is 44.7 Å². The highest BCUT2D eigenvalue weighted by molar-refractivity contribution is 7.09. The van der Waals surface area contributed by atoms with E-state index in [0.717, 1.165) is 68.3 Å². The van der Waals surface area contributed by atoms with E-state index in [1.54, 1.807) is 11.3 Å². The third-order valence-corrected chi connectivity index (χ3v) is 7.37. The molecule has 5 nitrogen and oxygen atoms in total. The molecule has 0 unspecified atom stereocenters. The van der Waals surface area contributed by atoms with E-state index in [2.05, 4.69) is 75.3 Å². The Morgan fingerprint density at radius 3 is 2.31 bits per heavy atom. The Kier molecular flexibility index (Phi) is 7.45. The fourth-order valence-electron chi connectivity index (χ4n) is 4.39. The number of hydrogen-bond donors (Lipinski definition) is 1. The van der Waals surface area contributed by atoms with Gasteiger partial charge in [-0.1, -0.05) is 37.3 Å². The molecule has 1 saturated heterocycles. The molecule has 1 N–H and O–H groups in total. The van der Waals surface area contributed by atoms with Gasteiger partial charge < -0.3 is 14.8 Å². The second-order valence-corrected chi connectivity index (χ2v) is 9.69. The Labute approximate surface area is 195 Å². The number of hydrogen-bond acceptors (Lipinski definition) is 4. The molecule has 1 aliphatic heterocycles. The van der Waals surface area contributed by atoms with Gasteiger partial charge in [0.05, 0.1) is 12.1 Å². The average Bonchev–Trinajstić information content (AvgIpc) is 3.43. The van der Waals surface area contributed by atoms with Crippen LogP contribution in [0.2, 0.25) is 0 Å². The van der Waals surface area contributed by atoms with E-state index in [0.29, 0.717) is 6.54 Å². The Bertz CT molecular complexity index is 1020. The third kappa shape index (κ3) is 5.49. The highest BCUT2D eigenvalue weighted by Crippen LogP contribution is 2.19. The molecule has 6 heteroatoms. The summed E-state index contributed by atoms with van der Waals surface area (Å²) in [6.45, 7) is 14.4. The average molecular weight is 451 g/mol. The number of carbonyl (C=O) groups excluding carboxylic acids is 1. The summed E-state index contributed by atoms with van der Waals surface area (Å²) in [6, 6.07) is 14.9. The molecule has 1 amide bonds. The summed E-state index contributed by atoms with van der Waals surface area (Å²) in [4.78, 5) is 19.2. The minimum absolute atomic E-state index is 0.00611. The van der Waals surface area contributed by atoms with Crippen LogP contribution in [0.3, 0.4) is 0 Å². The van der Waals surface area contributed by atoms with Crippen molar-refractivity contribution in [2.45, 2.75) is 40.4 Å². The van der Waals surface area contributed by atoms with E-state index in [-0.39, 0.29) is 5.91 Å². The number of benzene rings is 1. The Morgan fingerprint density at radius 2 is 1.66 bits per heavy atom. The fraction of sp³-hybridized carbons (Fsp3) is 0.423. The van der Waals surface area contributed by atoms with E-state index < -0.39 is 0 Å². The van der Waals surface area contributed by atoms with E-state index in [4.69, 9.17) is 0 Å². The Morgan fingerprint density at radius 1 is 0.969 bits per heavy atom. The molecule has 0 spiro atoms. The lowest BCUT2D eigenvalue weighted by atomic mass is 10.1. The number of rotatable bonds is 8. The van der Waals surface area contributed by atoms with Crippen molar-refractivity contribution >= 4 is 17.2 Å². The van der Waals surface area contributed by atoms with Crippen molar-refractivity contribution in [1.29, 1.82) is 0 Å². The van der Waals surface area contributed by atoms with Crippen molar-refractivity contribution in [3.05, 3.63) is 80.8 Å². The van der Waals surface area contributed by atoms with Crippen LogP contribution in [0, 0.1) is 13.8 Å². The fourth-order valence-corrected chi connectivity index (χ4v) is 5.09. The molecule has 1 aromatic carbocycles. The second-order valence-electron chi connectivity index (χ2n) is 8.66. The van der Waals surface area contributed by atoms with Crippen LogP contribution in [0.4, 0.5) is 0 Å². The van der Waals surface area contributed by atoms with Gasteiger partial charge in [0, 0.05) is 55.5 Å². The summed E-state index contributed by atoms with van der Waals surface area (Å²) in [5.41, 5.74) is 5.37. The number of likely N-dealkylation sites (N-methyl/N-ethyl adjacent to an activating group) is 1. The first-order valence-electron chi connectivity index (χ1n) is 11.5. The van der Waals surface area contributed by atoms with Crippen molar-refractivity contribution < 1.29 is 4.79 Å². The predicted octanol–water partition coefficient (Wildman–Crippen LogP) is 4.28. The molecule has 1 aliphatic rings. The molecule has 0 aliphatic carbocycles. The molecule has 0 radical (unpaired) electrons. The van der Waals surface area contributed by atoms with E-state index in [9.17, 15) is 4.79 Å². The number of piperazine rings is 1. The molecule has 2 aromatic heterocycles. The lowest BCUT2D eigenvalue weighted by Crippen LogP contribution is -2.45. The van der Waals surface area contributed by atoms with Crippen LogP contribution in [0.25, 0.3) is 0 Å². The van der Waals surface area contributed by atoms with Crippen LogP contribution >= 0.6 is 11.3 Å². The van der Waals surface area contributed by atoms with Gasteiger partial charge in [0.1, 0.15) is 0 Å². The topological polar surface area (TPSA) is 40.5 Å². The van der Waals surface area contributed by atoms with Gasteiger partial charge in [-0.3, -0.25) is 9.69 Å². The number of aromatic nitrogens is 1. The van der Waals surface area contributed by atoms with Crippen LogP contribution in [-0.2, 0) is 19.6 Å². The largest absolute Gasteiger partial charge is 0.348 e. The summed E-state index contributed by atoms with van der Waals surface area (Å²) in [6.07, 6.45) is 0. The zero-order chi connectivity index (χ0) is 22.5. The summed E-state index contributed by atoms with van der Waals surface area (Å²) < 4.78 is 2.22. The number of nitrogens with one attached hydrogen (secondary N) is 1. The minimum atomic E-state index is -0.00611. The standard InChI is InChI=1S/C26H34N4OS/c1-4-28-11-13-29(14-12-28)18-23-9-7-22(8-10-23)17-27-26(31)25-16-20(2)30(21(25)3)19-24-6-5-15-32-24/h5-10,15-16H,4,11-14,17-19H2,1-3H3,(H,27,31). The number of thiophene rings is 1. The normalized spacial score (nSPS) is 15.2. The first kappa shape index (κ1) is 22.8. The first-order valence-corrected chi connectivity index (χ1v) is 12.4. The maximum absolute atomic E-state index is 12.9. The predicted molar refractivity (Wildman–Crippen MR) is 132 cm³/mol. The zero-order valence-corrected chi connectivity index (χ0v) is 20.3. The summed E-state index contributed by atoms with van der Waals surface area (Å²) >= 11 is 1.75. The number of carbonyl (C=O) groups is 1. The molecule has 32 heavy (non-hydrogen) atoms. The van der Waals surface area contributed by atoms with Gasteiger partial charge in [-0.05, 0) is 49.0 Å². The molecule has 3 aromatic rings. The van der Waals surface area contributed by atoms with E-state index >= 15 is 0 Å². The quantitative estimate of drug-likeness (QED) is 0.557. The van der Waals surface area contributed by atoms with Crippen LogP contribution < -0.4 is 5.32 Å². The van der Waals surface area contributed by atoms with Gasteiger partial charge in [0.15, 0.2) is 0 Å². The van der Waals surface area contributed by atoms with Gasteiger partial charge in [-0.2, -0.15) is 0 Å². The van der Waals surface area contributed by atoms with Crippen LogP contribution in [0.15, 0.2) is 47.8 Å². The summed E-state index contributed by atoms with van der Waals surface area (Å²) in [7, 11) is 0. The van der Waals surface area contributed by atoms with Gasteiger partial charge in [0.25, 0.3) is 5.91 Å². The van der Waals surface area contributed by atoms with Gasteiger partial charge in [0.2, 0.25) is 0 Å². The third-order valence-electron chi connectivity index (χ3n) is 6.51. The minimum Gasteiger partial charge on any atom is -0.348 e. The molecular weight excluding hydrogens is 416 g/mol. The Hall–Kier alpha value is -2.41. The number of nitrogens with zero attached hydrogens (tertiary/aromatic N) is 3. The molecule has 0 atom stereocenters. The highest BCUT2D eigenvalue weighted by atomic mass is 32.1.